The number of rotatable bonds is 5. The Hall–Kier alpha value is -4.84. The number of alkyl halides is 2. The summed E-state index contributed by atoms with van der Waals surface area (Å²) in [6, 6.07) is 11.9. The third kappa shape index (κ3) is 3.93. The van der Waals surface area contributed by atoms with E-state index in [4.69, 9.17) is 21.3 Å². The van der Waals surface area contributed by atoms with Crippen molar-refractivity contribution in [1.29, 1.82) is 0 Å². The van der Waals surface area contributed by atoms with Gasteiger partial charge in [0.2, 0.25) is 0 Å². The Morgan fingerprint density at radius 3 is 2.88 bits per heavy atom. The predicted octanol–water partition coefficient (Wildman–Crippen LogP) is 5.50. The van der Waals surface area contributed by atoms with E-state index in [1.807, 2.05) is 18.2 Å². The zero-order valence-corrected chi connectivity index (χ0v) is 22.5. The number of fused-ring (bicyclic) bond motifs is 4. The van der Waals surface area contributed by atoms with Gasteiger partial charge < -0.3 is 15.0 Å². The maximum Gasteiger partial charge on any atom is 0.283 e. The minimum absolute atomic E-state index is 0.116. The maximum atomic E-state index is 13.6. The quantitative estimate of drug-likeness (QED) is 0.279. The van der Waals surface area contributed by atoms with E-state index in [0.29, 0.717) is 40.2 Å². The molecular formula is C29H21ClF2N8O2. The summed E-state index contributed by atoms with van der Waals surface area (Å²) in [5, 5.41) is 11.0. The SMILES string of the molecule is C=C1COc2cc(-c3ncc(C4C5CC5c5nc(-c6cc(Cl)ccc6-n6cc(C(F)F)nn6)cc(=O)n54)[nH]3)ccc2N1. The van der Waals surface area contributed by atoms with Crippen molar-refractivity contribution in [1.82, 2.24) is 34.5 Å². The largest absolute Gasteiger partial charge is 0.485 e. The van der Waals surface area contributed by atoms with Crippen LogP contribution in [0.2, 0.25) is 5.02 Å². The lowest BCUT2D eigenvalue weighted by Crippen LogP contribution is -2.27. The van der Waals surface area contributed by atoms with Crippen LogP contribution in [0.25, 0.3) is 28.3 Å². The van der Waals surface area contributed by atoms with Gasteiger partial charge in [-0.3, -0.25) is 9.36 Å². The van der Waals surface area contributed by atoms with Crippen molar-refractivity contribution in [2.45, 2.75) is 24.8 Å². The zero-order chi connectivity index (χ0) is 28.7. The van der Waals surface area contributed by atoms with Crippen molar-refractivity contribution in [3.8, 4) is 34.1 Å². The Labute approximate surface area is 241 Å². The second kappa shape index (κ2) is 9.08. The van der Waals surface area contributed by atoms with Gasteiger partial charge in [-0.05, 0) is 48.7 Å². The highest BCUT2D eigenvalue weighted by atomic mass is 35.5. The molecule has 0 saturated heterocycles. The van der Waals surface area contributed by atoms with Crippen molar-refractivity contribution in [2.24, 2.45) is 5.92 Å². The number of nitrogens with zero attached hydrogens (tertiary/aromatic N) is 6. The van der Waals surface area contributed by atoms with E-state index in [1.54, 1.807) is 29.0 Å². The second-order valence-electron chi connectivity index (χ2n) is 10.6. The zero-order valence-electron chi connectivity index (χ0n) is 21.8. The normalized spacial score (nSPS) is 20.1. The molecule has 1 saturated carbocycles. The first-order valence-corrected chi connectivity index (χ1v) is 13.6. The van der Waals surface area contributed by atoms with Gasteiger partial charge in [-0.25, -0.2) is 23.4 Å². The average molecular weight is 587 g/mol. The first-order chi connectivity index (χ1) is 20.3. The molecule has 210 valence electrons. The van der Waals surface area contributed by atoms with Gasteiger partial charge in [0.25, 0.3) is 12.0 Å². The first-order valence-electron chi connectivity index (χ1n) is 13.2. The molecule has 2 N–H and O–H groups in total. The maximum absolute atomic E-state index is 13.6. The highest BCUT2D eigenvalue weighted by Gasteiger charge is 2.55. The van der Waals surface area contributed by atoms with Crippen LogP contribution in [-0.2, 0) is 0 Å². The van der Waals surface area contributed by atoms with E-state index < -0.39 is 12.1 Å². The van der Waals surface area contributed by atoms with Crippen LogP contribution in [0.1, 0.15) is 42.0 Å². The Morgan fingerprint density at radius 1 is 1.17 bits per heavy atom. The standard InChI is InChI=1S/C29H21ClF2N8O2/c1-13-12-42-24-6-14(2-4-19(24)34-13)28-33-10-21(35-28)26-16-8-17(16)29-36-20(9-25(41)40(26)29)18-7-15(30)3-5-23(18)39-11-22(27(31)32)37-38-39/h2-7,9-11,16-17,26-27,34H,1,8,12H2,(H,33,35). The highest BCUT2D eigenvalue weighted by Crippen LogP contribution is 2.60. The summed E-state index contributed by atoms with van der Waals surface area (Å²) < 4.78 is 35.1. The van der Waals surface area contributed by atoms with E-state index in [9.17, 15) is 13.6 Å². The van der Waals surface area contributed by atoms with Crippen molar-refractivity contribution < 1.29 is 13.5 Å². The average Bonchev–Trinajstić information content (AvgIpc) is 3.30. The molecule has 5 heterocycles. The van der Waals surface area contributed by atoms with Gasteiger partial charge in [-0.15, -0.1) is 5.10 Å². The summed E-state index contributed by atoms with van der Waals surface area (Å²) in [6.07, 6.45) is 1.05. The molecule has 3 unspecified atom stereocenters. The fourth-order valence-corrected chi connectivity index (χ4v) is 6.11. The molecule has 2 aliphatic heterocycles. The number of anilines is 1. The Kier molecular flexibility index (Phi) is 5.39. The third-order valence-electron chi connectivity index (χ3n) is 7.93. The molecule has 0 amide bonds. The number of aromatic nitrogens is 7. The fraction of sp³-hybridized carbons (Fsp3) is 0.207. The van der Waals surface area contributed by atoms with Gasteiger partial charge in [0.15, 0.2) is 0 Å². The van der Waals surface area contributed by atoms with Gasteiger partial charge in [0.1, 0.15) is 29.7 Å². The molecule has 13 heteroatoms. The smallest absolute Gasteiger partial charge is 0.283 e. The second-order valence-corrected chi connectivity index (χ2v) is 11.1. The van der Waals surface area contributed by atoms with Crippen LogP contribution in [0.4, 0.5) is 14.5 Å². The molecule has 42 heavy (non-hydrogen) atoms. The number of hydrogen-bond donors (Lipinski definition) is 2. The predicted molar refractivity (Wildman–Crippen MR) is 150 cm³/mol. The van der Waals surface area contributed by atoms with E-state index in [2.05, 4.69) is 32.2 Å². The van der Waals surface area contributed by atoms with Crippen LogP contribution in [-0.4, -0.2) is 41.1 Å². The fourth-order valence-electron chi connectivity index (χ4n) is 5.93. The summed E-state index contributed by atoms with van der Waals surface area (Å²) >= 11 is 6.30. The van der Waals surface area contributed by atoms with Crippen molar-refractivity contribution >= 4 is 17.3 Å². The molecule has 1 aliphatic carbocycles. The third-order valence-corrected chi connectivity index (χ3v) is 8.17. The Bertz CT molecular complexity index is 1980. The molecule has 3 aromatic heterocycles. The van der Waals surface area contributed by atoms with Gasteiger partial charge >= 0.3 is 0 Å². The summed E-state index contributed by atoms with van der Waals surface area (Å²) in [5.74, 6) is 2.39. The van der Waals surface area contributed by atoms with Crippen molar-refractivity contribution in [3.05, 3.63) is 99.7 Å². The molecule has 3 aliphatic rings. The molecule has 2 aromatic carbocycles. The van der Waals surface area contributed by atoms with Crippen LogP contribution in [0, 0.1) is 5.92 Å². The molecule has 1 fully saturated rings. The van der Waals surface area contributed by atoms with Crippen LogP contribution in [0.3, 0.4) is 0 Å². The van der Waals surface area contributed by atoms with E-state index in [1.165, 1.54) is 10.7 Å². The molecule has 5 aromatic rings. The van der Waals surface area contributed by atoms with Gasteiger partial charge in [-0.2, -0.15) is 0 Å². The molecule has 0 spiro atoms. The Morgan fingerprint density at radius 2 is 2.05 bits per heavy atom. The number of hydrogen-bond acceptors (Lipinski definition) is 7. The lowest BCUT2D eigenvalue weighted by atomic mass is 10.1. The number of halogens is 3. The molecular weight excluding hydrogens is 566 g/mol. The molecule has 3 atom stereocenters. The van der Waals surface area contributed by atoms with Crippen LogP contribution >= 0.6 is 11.6 Å². The summed E-state index contributed by atoms with van der Waals surface area (Å²) in [4.78, 5) is 26.6. The van der Waals surface area contributed by atoms with E-state index >= 15 is 0 Å². The minimum atomic E-state index is -2.76. The van der Waals surface area contributed by atoms with Gasteiger partial charge in [0, 0.05) is 33.8 Å². The number of H-pyrrole nitrogens is 1. The van der Waals surface area contributed by atoms with Crippen LogP contribution in [0.5, 0.6) is 5.75 Å². The van der Waals surface area contributed by atoms with E-state index in [0.717, 1.165) is 41.0 Å². The topological polar surface area (TPSA) is 116 Å². The Balaban J connectivity index is 1.16. The van der Waals surface area contributed by atoms with Crippen molar-refractivity contribution in [3.63, 3.8) is 0 Å². The lowest BCUT2D eigenvalue weighted by Gasteiger charge is -2.21. The van der Waals surface area contributed by atoms with Crippen LogP contribution in [0.15, 0.2) is 71.9 Å². The molecule has 0 bridgehead atoms. The number of ether oxygens (including phenoxy) is 1. The van der Waals surface area contributed by atoms with Crippen LogP contribution < -0.4 is 15.6 Å². The van der Waals surface area contributed by atoms with Gasteiger partial charge in [0.05, 0.1) is 41.2 Å². The molecule has 10 nitrogen and oxygen atoms in total. The lowest BCUT2D eigenvalue weighted by molar-refractivity contribution is 0.146. The first kappa shape index (κ1) is 24.9. The molecule has 8 rings (SSSR count). The summed E-state index contributed by atoms with van der Waals surface area (Å²) in [6.45, 7) is 4.30. The minimum Gasteiger partial charge on any atom is -0.485 e. The highest BCUT2D eigenvalue weighted by molar-refractivity contribution is 6.31. The van der Waals surface area contributed by atoms with E-state index in [-0.39, 0.29) is 23.4 Å². The number of aromatic amines is 1. The monoisotopic (exact) mass is 586 g/mol. The summed E-state index contributed by atoms with van der Waals surface area (Å²) in [7, 11) is 0. The summed E-state index contributed by atoms with van der Waals surface area (Å²) in [5.41, 5.74) is 3.96. The van der Waals surface area contributed by atoms with Gasteiger partial charge in [-0.1, -0.05) is 23.4 Å². The number of imidazole rings is 1. The van der Waals surface area contributed by atoms with Crippen molar-refractivity contribution in [2.75, 3.05) is 11.9 Å². The number of benzene rings is 2. The number of nitrogens with one attached hydrogen (secondary N) is 2. The molecule has 0 radical (unpaired) electrons.